The minimum absolute atomic E-state index is 0.247. The molecule has 2 aromatic carbocycles. The van der Waals surface area contributed by atoms with Crippen LogP contribution in [-0.4, -0.2) is 17.0 Å². The van der Waals surface area contributed by atoms with E-state index in [4.69, 9.17) is 4.74 Å². The second kappa shape index (κ2) is 8.28. The number of anilines is 1. The predicted molar refractivity (Wildman–Crippen MR) is 104 cm³/mol. The fourth-order valence-corrected chi connectivity index (χ4v) is 3.13. The average Bonchev–Trinajstić information content (AvgIpc) is 3.19. The third-order valence-corrected chi connectivity index (χ3v) is 4.64. The van der Waals surface area contributed by atoms with Crippen molar-refractivity contribution in [3.05, 3.63) is 75.0 Å². The summed E-state index contributed by atoms with van der Waals surface area (Å²) in [6.45, 7) is 0. The highest BCUT2D eigenvalue weighted by atomic mass is 32.1. The summed E-state index contributed by atoms with van der Waals surface area (Å²) in [6.07, 6.45) is 1.38. The molecule has 0 aliphatic heterocycles. The Morgan fingerprint density at radius 1 is 1.36 bits per heavy atom. The number of aromatic nitrogens is 1. The molecule has 3 rings (SSSR count). The van der Waals surface area contributed by atoms with Gasteiger partial charge in [0.1, 0.15) is 22.4 Å². The van der Waals surface area contributed by atoms with Gasteiger partial charge in [-0.3, -0.25) is 10.1 Å². The van der Waals surface area contributed by atoms with Crippen LogP contribution >= 0.6 is 11.3 Å². The molecule has 0 amide bonds. The number of nitrogens with zero attached hydrogens (tertiary/aromatic N) is 3. The lowest BCUT2D eigenvalue weighted by Crippen LogP contribution is -1.96. The molecule has 7 nitrogen and oxygen atoms in total. The fourth-order valence-electron chi connectivity index (χ4n) is 2.33. The first-order chi connectivity index (χ1) is 13.5. The van der Waals surface area contributed by atoms with E-state index in [1.54, 1.807) is 7.11 Å². The lowest BCUT2D eigenvalue weighted by molar-refractivity contribution is -0.387. The predicted octanol–water partition coefficient (Wildman–Crippen LogP) is 4.84. The van der Waals surface area contributed by atoms with Crippen molar-refractivity contribution in [3.8, 4) is 23.1 Å². The molecule has 28 heavy (non-hydrogen) atoms. The molecule has 0 bridgehead atoms. The van der Waals surface area contributed by atoms with Crippen LogP contribution in [0.1, 0.15) is 5.01 Å². The zero-order chi connectivity index (χ0) is 20.1. The fraction of sp³-hybridized carbons (Fsp3) is 0.0526. The Morgan fingerprint density at radius 2 is 2.11 bits per heavy atom. The van der Waals surface area contributed by atoms with Crippen LogP contribution in [0.15, 0.2) is 54.0 Å². The van der Waals surface area contributed by atoms with Crippen LogP contribution in [0.2, 0.25) is 0 Å². The van der Waals surface area contributed by atoms with Gasteiger partial charge in [0, 0.05) is 28.9 Å². The molecule has 0 unspecified atom stereocenters. The summed E-state index contributed by atoms with van der Waals surface area (Å²) in [5, 5.41) is 25.3. The Labute approximate surface area is 163 Å². The van der Waals surface area contributed by atoms with Crippen molar-refractivity contribution >= 4 is 28.3 Å². The van der Waals surface area contributed by atoms with Gasteiger partial charge < -0.3 is 10.1 Å². The van der Waals surface area contributed by atoms with Crippen LogP contribution in [-0.2, 0) is 0 Å². The molecule has 140 valence electrons. The number of hydrogen-bond acceptors (Lipinski definition) is 7. The number of nitro groups is 1. The molecule has 0 aliphatic rings. The Balaban J connectivity index is 1.82. The number of rotatable bonds is 6. The number of methoxy groups -OCH3 is 1. The van der Waals surface area contributed by atoms with E-state index in [2.05, 4.69) is 10.3 Å². The number of allylic oxidation sites excluding steroid dienone is 1. The molecule has 0 fully saturated rings. The number of nitriles is 1. The second-order valence-corrected chi connectivity index (χ2v) is 6.36. The molecule has 0 saturated carbocycles. The lowest BCUT2D eigenvalue weighted by atomic mass is 10.2. The van der Waals surface area contributed by atoms with E-state index in [-0.39, 0.29) is 11.3 Å². The highest BCUT2D eigenvalue weighted by Gasteiger charge is 2.14. The number of halogens is 1. The molecule has 9 heteroatoms. The Kier molecular flexibility index (Phi) is 5.62. The van der Waals surface area contributed by atoms with Crippen LogP contribution in [0.25, 0.3) is 16.8 Å². The molecule has 3 aromatic rings. The van der Waals surface area contributed by atoms with E-state index in [0.29, 0.717) is 10.7 Å². The minimum atomic E-state index is -0.927. The molecule has 0 spiro atoms. The summed E-state index contributed by atoms with van der Waals surface area (Å²) >= 11 is 1.29. The molecule has 0 saturated heterocycles. The third-order valence-electron chi connectivity index (χ3n) is 3.77. The molecule has 1 aromatic heterocycles. The standard InChI is InChI=1S/C19H13FN4O3S/c1-27-15-5-2-12(3-6-15)17-11-28-19(23-17)13(9-21)10-22-14-4-7-16(20)18(8-14)24(25)26/h2-8,10-11,22H,1H3. The van der Waals surface area contributed by atoms with Gasteiger partial charge in [-0.2, -0.15) is 9.65 Å². The van der Waals surface area contributed by atoms with Crippen molar-refractivity contribution in [2.45, 2.75) is 0 Å². The van der Waals surface area contributed by atoms with Crippen LogP contribution in [0.5, 0.6) is 5.75 Å². The highest BCUT2D eigenvalue weighted by molar-refractivity contribution is 7.11. The van der Waals surface area contributed by atoms with Crippen LogP contribution in [0.3, 0.4) is 0 Å². The molecule has 0 atom stereocenters. The molecular weight excluding hydrogens is 383 g/mol. The smallest absolute Gasteiger partial charge is 0.306 e. The van der Waals surface area contributed by atoms with Gasteiger partial charge in [-0.25, -0.2) is 4.98 Å². The van der Waals surface area contributed by atoms with Crippen molar-refractivity contribution in [3.63, 3.8) is 0 Å². The van der Waals surface area contributed by atoms with Gasteiger partial charge >= 0.3 is 5.69 Å². The van der Waals surface area contributed by atoms with Crippen molar-refractivity contribution < 1.29 is 14.1 Å². The van der Waals surface area contributed by atoms with E-state index in [1.165, 1.54) is 23.6 Å². The van der Waals surface area contributed by atoms with Crippen molar-refractivity contribution in [2.24, 2.45) is 0 Å². The number of ether oxygens (including phenoxy) is 1. The maximum atomic E-state index is 13.4. The molecule has 1 heterocycles. The van der Waals surface area contributed by atoms with Gasteiger partial charge in [0.05, 0.1) is 17.7 Å². The van der Waals surface area contributed by atoms with Crippen molar-refractivity contribution in [1.82, 2.24) is 4.98 Å². The average molecular weight is 396 g/mol. The number of benzene rings is 2. The molecule has 0 aliphatic carbocycles. The number of nitro benzene ring substituents is 1. The quantitative estimate of drug-likeness (QED) is 0.363. The monoisotopic (exact) mass is 396 g/mol. The maximum absolute atomic E-state index is 13.4. The summed E-state index contributed by atoms with van der Waals surface area (Å²) in [7, 11) is 1.59. The van der Waals surface area contributed by atoms with Crippen LogP contribution < -0.4 is 10.1 Å². The Bertz CT molecular complexity index is 1090. The van der Waals surface area contributed by atoms with E-state index in [1.807, 2.05) is 35.7 Å². The van der Waals surface area contributed by atoms with E-state index in [9.17, 15) is 19.8 Å². The molecule has 0 radical (unpaired) electrons. The van der Waals surface area contributed by atoms with Gasteiger partial charge in [-0.1, -0.05) is 0 Å². The number of nitrogens with one attached hydrogen (secondary N) is 1. The van der Waals surface area contributed by atoms with Gasteiger partial charge in [0.25, 0.3) is 0 Å². The summed E-state index contributed by atoms with van der Waals surface area (Å²) < 4.78 is 18.5. The first-order valence-electron chi connectivity index (χ1n) is 7.93. The second-order valence-electron chi connectivity index (χ2n) is 5.50. The normalized spacial score (nSPS) is 11.0. The third kappa shape index (κ3) is 4.13. The van der Waals surface area contributed by atoms with Crippen LogP contribution in [0.4, 0.5) is 15.8 Å². The molecule has 1 N–H and O–H groups in total. The summed E-state index contributed by atoms with van der Waals surface area (Å²) in [5.41, 5.74) is 1.47. The Hall–Kier alpha value is -3.77. The summed E-state index contributed by atoms with van der Waals surface area (Å²) in [6, 6.07) is 12.8. The topological polar surface area (TPSA) is 101 Å². The maximum Gasteiger partial charge on any atom is 0.306 e. The van der Waals surface area contributed by atoms with E-state index < -0.39 is 16.4 Å². The summed E-state index contributed by atoms with van der Waals surface area (Å²) in [4.78, 5) is 14.5. The SMILES string of the molecule is COc1ccc(-c2csc(C(C#N)=CNc3ccc(F)c([N+](=O)[O-])c3)n2)cc1. The molecular formula is C19H13FN4O3S. The Morgan fingerprint density at radius 3 is 2.75 bits per heavy atom. The van der Waals surface area contributed by atoms with Gasteiger partial charge in [0.15, 0.2) is 0 Å². The number of hydrogen-bond donors (Lipinski definition) is 1. The minimum Gasteiger partial charge on any atom is -0.497 e. The van der Waals surface area contributed by atoms with E-state index >= 15 is 0 Å². The zero-order valence-electron chi connectivity index (χ0n) is 14.5. The first-order valence-corrected chi connectivity index (χ1v) is 8.81. The zero-order valence-corrected chi connectivity index (χ0v) is 15.4. The van der Waals surface area contributed by atoms with Gasteiger partial charge in [-0.15, -0.1) is 11.3 Å². The largest absolute Gasteiger partial charge is 0.497 e. The van der Waals surface area contributed by atoms with Gasteiger partial charge in [0.2, 0.25) is 5.82 Å². The van der Waals surface area contributed by atoms with E-state index in [0.717, 1.165) is 23.4 Å². The van der Waals surface area contributed by atoms with Crippen molar-refractivity contribution in [2.75, 3.05) is 12.4 Å². The van der Waals surface area contributed by atoms with Crippen LogP contribution in [0, 0.1) is 27.3 Å². The summed E-state index contributed by atoms with van der Waals surface area (Å²) in [5.74, 6) is -0.196. The lowest BCUT2D eigenvalue weighted by Gasteiger charge is -2.02. The first kappa shape index (κ1) is 19.0. The van der Waals surface area contributed by atoms with Gasteiger partial charge in [-0.05, 0) is 36.4 Å². The highest BCUT2D eigenvalue weighted by Crippen LogP contribution is 2.28. The number of thiazole rings is 1. The van der Waals surface area contributed by atoms with Crippen molar-refractivity contribution in [1.29, 1.82) is 5.26 Å².